The van der Waals surface area contributed by atoms with Gasteiger partial charge < -0.3 is 9.80 Å². The lowest BCUT2D eigenvalue weighted by atomic mass is 9.82. The van der Waals surface area contributed by atoms with Gasteiger partial charge in [-0.25, -0.2) is 0 Å². The van der Waals surface area contributed by atoms with Crippen LogP contribution in [0.5, 0.6) is 0 Å². The van der Waals surface area contributed by atoms with Crippen LogP contribution in [0.15, 0.2) is 0 Å². The molecule has 0 aromatic heterocycles. The van der Waals surface area contributed by atoms with Crippen LogP contribution in [0, 0.1) is 11.3 Å². The highest BCUT2D eigenvalue weighted by molar-refractivity contribution is 9.09. The molecule has 104 valence electrons. The van der Waals surface area contributed by atoms with E-state index in [9.17, 15) is 0 Å². The van der Waals surface area contributed by atoms with E-state index in [2.05, 4.69) is 67.5 Å². The molecule has 0 aromatic rings. The number of alkyl halides is 1. The molecule has 0 fully saturated rings. The lowest BCUT2D eigenvalue weighted by molar-refractivity contribution is 0.166. The van der Waals surface area contributed by atoms with E-state index >= 15 is 0 Å². The maximum Gasteiger partial charge on any atom is 0.00768 e. The molecule has 0 heterocycles. The number of hydrogen-bond donors (Lipinski definition) is 0. The third-order valence-corrected chi connectivity index (χ3v) is 4.20. The van der Waals surface area contributed by atoms with Gasteiger partial charge in [0.2, 0.25) is 0 Å². The molecule has 0 rings (SSSR count). The average Bonchev–Trinajstić information content (AvgIpc) is 2.20. The summed E-state index contributed by atoms with van der Waals surface area (Å²) < 4.78 is 0. The lowest BCUT2D eigenvalue weighted by Gasteiger charge is -2.34. The van der Waals surface area contributed by atoms with E-state index in [0.29, 0.717) is 5.41 Å². The fourth-order valence-electron chi connectivity index (χ4n) is 1.85. The average molecular weight is 307 g/mol. The molecule has 1 atom stereocenters. The summed E-state index contributed by atoms with van der Waals surface area (Å²) in [6.07, 6.45) is 1.26. The molecule has 0 aliphatic carbocycles. The Balaban J connectivity index is 4.10. The minimum absolute atomic E-state index is 0.387. The summed E-state index contributed by atoms with van der Waals surface area (Å²) in [7, 11) is 4.29. The van der Waals surface area contributed by atoms with Gasteiger partial charge in [-0.1, -0.05) is 43.6 Å². The molecule has 0 radical (unpaired) electrons. The fourth-order valence-corrected chi connectivity index (χ4v) is 3.03. The second-order valence-corrected chi connectivity index (χ2v) is 6.91. The van der Waals surface area contributed by atoms with Crippen LogP contribution in [0.25, 0.3) is 0 Å². The van der Waals surface area contributed by atoms with Crippen molar-refractivity contribution in [2.45, 2.75) is 34.1 Å². The smallest absolute Gasteiger partial charge is 0.00768 e. The van der Waals surface area contributed by atoms with E-state index in [4.69, 9.17) is 0 Å². The minimum atomic E-state index is 0.387. The maximum atomic E-state index is 3.67. The van der Waals surface area contributed by atoms with Gasteiger partial charge in [-0.3, -0.25) is 0 Å². The SMILES string of the molecule is CCN(CCCN(C)C)CC(CBr)C(C)(C)C. The number of rotatable bonds is 8. The fraction of sp³-hybridized carbons (Fsp3) is 1.00. The van der Waals surface area contributed by atoms with Gasteiger partial charge in [0.05, 0.1) is 0 Å². The van der Waals surface area contributed by atoms with Gasteiger partial charge >= 0.3 is 0 Å². The Morgan fingerprint density at radius 3 is 2.06 bits per heavy atom. The van der Waals surface area contributed by atoms with Gasteiger partial charge in [0.1, 0.15) is 0 Å². The summed E-state index contributed by atoms with van der Waals surface area (Å²) >= 11 is 3.67. The molecule has 3 heteroatoms. The summed E-state index contributed by atoms with van der Waals surface area (Å²) in [5, 5.41) is 1.10. The van der Waals surface area contributed by atoms with Crippen LogP contribution in [0.3, 0.4) is 0 Å². The van der Waals surface area contributed by atoms with Crippen molar-refractivity contribution in [1.29, 1.82) is 0 Å². The monoisotopic (exact) mass is 306 g/mol. The summed E-state index contributed by atoms with van der Waals surface area (Å²) in [5.74, 6) is 0.724. The van der Waals surface area contributed by atoms with E-state index < -0.39 is 0 Å². The maximum absolute atomic E-state index is 3.67. The number of hydrogen-bond acceptors (Lipinski definition) is 2. The molecule has 0 saturated heterocycles. The molecule has 0 spiro atoms. The molecule has 0 N–H and O–H groups in total. The van der Waals surface area contributed by atoms with Crippen LogP contribution >= 0.6 is 15.9 Å². The summed E-state index contributed by atoms with van der Waals surface area (Å²) in [6.45, 7) is 14.1. The standard InChI is InChI=1S/C14H31BrN2/c1-7-17(10-8-9-16(5)6)12-13(11-15)14(2,3)4/h13H,7-12H2,1-6H3. The molecule has 17 heavy (non-hydrogen) atoms. The van der Waals surface area contributed by atoms with Gasteiger partial charge in [-0.05, 0) is 51.5 Å². The van der Waals surface area contributed by atoms with Crippen molar-refractivity contribution < 1.29 is 0 Å². The van der Waals surface area contributed by atoms with E-state index in [1.54, 1.807) is 0 Å². The van der Waals surface area contributed by atoms with Crippen molar-refractivity contribution in [1.82, 2.24) is 9.80 Å². The van der Waals surface area contributed by atoms with Crippen molar-refractivity contribution in [2.24, 2.45) is 11.3 Å². The van der Waals surface area contributed by atoms with E-state index in [-0.39, 0.29) is 0 Å². The molecular weight excluding hydrogens is 276 g/mol. The molecule has 0 aliphatic rings. The zero-order valence-electron chi connectivity index (χ0n) is 12.6. The molecule has 2 nitrogen and oxygen atoms in total. The second-order valence-electron chi connectivity index (χ2n) is 6.27. The normalized spacial score (nSPS) is 14.6. The second kappa shape index (κ2) is 8.49. The van der Waals surface area contributed by atoms with Crippen molar-refractivity contribution >= 4 is 15.9 Å². The van der Waals surface area contributed by atoms with Crippen molar-refractivity contribution in [2.75, 3.05) is 45.6 Å². The van der Waals surface area contributed by atoms with Crippen LogP contribution < -0.4 is 0 Å². The van der Waals surface area contributed by atoms with E-state index in [1.807, 2.05) is 0 Å². The molecule has 0 saturated carbocycles. The first-order valence-electron chi connectivity index (χ1n) is 6.74. The Bertz CT molecular complexity index is 187. The van der Waals surface area contributed by atoms with E-state index in [0.717, 1.165) is 17.8 Å². The lowest BCUT2D eigenvalue weighted by Crippen LogP contribution is -2.37. The molecule has 0 amide bonds. The van der Waals surface area contributed by atoms with Crippen LogP contribution in [0.2, 0.25) is 0 Å². The predicted molar refractivity (Wildman–Crippen MR) is 82.0 cm³/mol. The van der Waals surface area contributed by atoms with Crippen LogP contribution in [0.4, 0.5) is 0 Å². The van der Waals surface area contributed by atoms with Crippen molar-refractivity contribution in [3.63, 3.8) is 0 Å². The van der Waals surface area contributed by atoms with Crippen LogP contribution in [-0.4, -0.2) is 55.4 Å². The Morgan fingerprint density at radius 2 is 1.71 bits per heavy atom. The number of nitrogens with zero attached hydrogens (tertiary/aromatic N) is 2. The Kier molecular flexibility index (Phi) is 8.69. The summed E-state index contributed by atoms with van der Waals surface area (Å²) in [4.78, 5) is 4.85. The molecule has 0 aromatic carbocycles. The van der Waals surface area contributed by atoms with Gasteiger partial charge in [0, 0.05) is 11.9 Å². The number of halogens is 1. The van der Waals surface area contributed by atoms with E-state index in [1.165, 1.54) is 26.1 Å². The highest BCUT2D eigenvalue weighted by atomic mass is 79.9. The Morgan fingerprint density at radius 1 is 1.12 bits per heavy atom. The van der Waals surface area contributed by atoms with Crippen LogP contribution in [-0.2, 0) is 0 Å². The first kappa shape index (κ1) is 17.4. The largest absolute Gasteiger partial charge is 0.309 e. The highest BCUT2D eigenvalue weighted by Crippen LogP contribution is 2.28. The van der Waals surface area contributed by atoms with Crippen molar-refractivity contribution in [3.05, 3.63) is 0 Å². The summed E-state index contributed by atoms with van der Waals surface area (Å²) in [5.41, 5.74) is 0.387. The Labute approximate surface area is 117 Å². The van der Waals surface area contributed by atoms with Gasteiger partial charge in [0.15, 0.2) is 0 Å². The summed E-state index contributed by atoms with van der Waals surface area (Å²) in [6, 6.07) is 0. The first-order chi connectivity index (χ1) is 7.81. The Hall–Kier alpha value is 0.400. The third-order valence-electron chi connectivity index (χ3n) is 3.42. The first-order valence-corrected chi connectivity index (χ1v) is 7.86. The molecular formula is C14H31BrN2. The van der Waals surface area contributed by atoms with Crippen LogP contribution in [0.1, 0.15) is 34.1 Å². The predicted octanol–water partition coefficient (Wildman–Crippen LogP) is 3.32. The topological polar surface area (TPSA) is 6.48 Å². The molecule has 0 bridgehead atoms. The quantitative estimate of drug-likeness (QED) is 0.635. The zero-order valence-corrected chi connectivity index (χ0v) is 14.2. The van der Waals surface area contributed by atoms with Crippen molar-refractivity contribution in [3.8, 4) is 0 Å². The van der Waals surface area contributed by atoms with Gasteiger partial charge in [-0.15, -0.1) is 0 Å². The third kappa shape index (κ3) is 8.17. The zero-order chi connectivity index (χ0) is 13.5. The van der Waals surface area contributed by atoms with Gasteiger partial charge in [-0.2, -0.15) is 0 Å². The molecule has 1 unspecified atom stereocenters. The highest BCUT2D eigenvalue weighted by Gasteiger charge is 2.25. The minimum Gasteiger partial charge on any atom is -0.309 e. The molecule has 0 aliphatic heterocycles. The van der Waals surface area contributed by atoms with Gasteiger partial charge in [0.25, 0.3) is 0 Å².